The van der Waals surface area contributed by atoms with Crippen LogP contribution < -0.4 is 24.8 Å². The van der Waals surface area contributed by atoms with Crippen molar-refractivity contribution in [1.82, 2.24) is 0 Å². The van der Waals surface area contributed by atoms with E-state index in [0.717, 1.165) is 5.92 Å². The van der Waals surface area contributed by atoms with Crippen molar-refractivity contribution in [2.24, 2.45) is 0 Å². The van der Waals surface area contributed by atoms with Crippen molar-refractivity contribution in [2.75, 3.05) is 0 Å². The van der Waals surface area contributed by atoms with Crippen LogP contribution in [0.4, 0.5) is 0 Å². The van der Waals surface area contributed by atoms with Gasteiger partial charge in [0.05, 0.1) is 0 Å². The first kappa shape index (κ1) is 43.2. The summed E-state index contributed by atoms with van der Waals surface area (Å²) in [5, 5.41) is 5.51. The van der Waals surface area contributed by atoms with Gasteiger partial charge >= 0.3 is 41.9 Å². The van der Waals surface area contributed by atoms with Gasteiger partial charge in [-0.05, 0) is 52.3 Å². The van der Waals surface area contributed by atoms with Gasteiger partial charge < -0.3 is 24.8 Å². The second kappa shape index (κ2) is 19.2. The molecular formula is C47H56Cl2SiZr-2. The Morgan fingerprint density at radius 2 is 1.27 bits per heavy atom. The zero-order valence-electron chi connectivity index (χ0n) is 32.3. The molecule has 0 unspecified atom stereocenters. The van der Waals surface area contributed by atoms with Crippen LogP contribution in [0, 0.1) is 13.8 Å². The Hall–Kier alpha value is -2.22. The Kier molecular flexibility index (Phi) is 16.3. The van der Waals surface area contributed by atoms with Gasteiger partial charge in [-0.3, -0.25) is 0 Å². The minimum Gasteiger partial charge on any atom is -1.00 e. The van der Waals surface area contributed by atoms with Gasteiger partial charge in [-0.15, -0.1) is 68.6 Å². The van der Waals surface area contributed by atoms with E-state index in [1.807, 2.05) is 0 Å². The molecule has 0 aromatic heterocycles. The largest absolute Gasteiger partial charge is 1.00 e. The molecule has 0 atom stereocenters. The SMILES string of the molecule is CC(C)c1cc2c(-c3ccc(C4CCCCC4)cc3)cccc2[cH-]1.C[Si](C)=[Zr+2].Cc1cc2c(-c3ccc(C(C)(C)C)cc3)ccc(C)c2[cH-]1.[Cl-].[Cl-]. The second-order valence-electron chi connectivity index (χ2n) is 15.8. The summed E-state index contributed by atoms with van der Waals surface area (Å²) in [5.74, 6) is 1.37. The normalized spacial score (nSPS) is 13.1. The van der Waals surface area contributed by atoms with Gasteiger partial charge in [0, 0.05) is 0 Å². The molecule has 0 radical (unpaired) electrons. The van der Waals surface area contributed by atoms with Crippen LogP contribution in [-0.4, -0.2) is 5.43 Å². The van der Waals surface area contributed by atoms with Crippen molar-refractivity contribution >= 4 is 27.0 Å². The third-order valence-electron chi connectivity index (χ3n) is 10.0. The van der Waals surface area contributed by atoms with E-state index >= 15 is 0 Å². The maximum atomic E-state index is 2.38. The summed E-state index contributed by atoms with van der Waals surface area (Å²) in [6.45, 7) is 20.3. The molecule has 1 aliphatic carbocycles. The van der Waals surface area contributed by atoms with E-state index in [2.05, 4.69) is 165 Å². The van der Waals surface area contributed by atoms with Crippen molar-refractivity contribution in [3.8, 4) is 22.3 Å². The molecule has 7 rings (SSSR count). The molecule has 4 heteroatoms. The first-order valence-electron chi connectivity index (χ1n) is 18.4. The summed E-state index contributed by atoms with van der Waals surface area (Å²) in [6, 6.07) is 38.9. The van der Waals surface area contributed by atoms with Crippen LogP contribution in [0.3, 0.4) is 0 Å². The molecule has 6 aromatic rings. The predicted molar refractivity (Wildman–Crippen MR) is 216 cm³/mol. The van der Waals surface area contributed by atoms with Crippen molar-refractivity contribution in [3.63, 3.8) is 0 Å². The molecule has 0 aliphatic heterocycles. The van der Waals surface area contributed by atoms with E-state index in [0.29, 0.717) is 5.92 Å². The zero-order valence-corrected chi connectivity index (χ0v) is 37.2. The molecule has 268 valence electrons. The molecule has 0 heterocycles. The van der Waals surface area contributed by atoms with Crippen molar-refractivity contribution in [3.05, 3.63) is 131 Å². The first-order chi connectivity index (χ1) is 23.3. The van der Waals surface area contributed by atoms with Crippen molar-refractivity contribution in [1.29, 1.82) is 0 Å². The molecule has 1 fully saturated rings. The van der Waals surface area contributed by atoms with Crippen LogP contribution in [0.2, 0.25) is 13.1 Å². The molecule has 0 spiro atoms. The molecule has 1 aliphatic rings. The second-order valence-corrected chi connectivity index (χ2v) is 25.2. The van der Waals surface area contributed by atoms with Gasteiger partial charge in [-0.1, -0.05) is 140 Å². The fourth-order valence-electron chi connectivity index (χ4n) is 7.20. The number of halogens is 2. The Bertz CT molecular complexity index is 1990. The number of aryl methyl sites for hydroxylation is 2. The number of hydrogen-bond donors (Lipinski definition) is 0. The van der Waals surface area contributed by atoms with E-state index in [4.69, 9.17) is 0 Å². The predicted octanol–water partition coefficient (Wildman–Crippen LogP) is 8.33. The molecule has 0 nitrogen and oxygen atoms in total. The van der Waals surface area contributed by atoms with Gasteiger partial charge in [0.25, 0.3) is 0 Å². The topological polar surface area (TPSA) is 0 Å². The summed E-state index contributed by atoms with van der Waals surface area (Å²) in [5.41, 5.74) is 12.8. The van der Waals surface area contributed by atoms with Crippen LogP contribution in [0.25, 0.3) is 43.8 Å². The Morgan fingerprint density at radius 3 is 1.84 bits per heavy atom. The molecule has 1 saturated carbocycles. The van der Waals surface area contributed by atoms with E-state index in [1.54, 1.807) is 23.3 Å². The van der Waals surface area contributed by atoms with Crippen LogP contribution >= 0.6 is 0 Å². The van der Waals surface area contributed by atoms with Crippen LogP contribution in [0.5, 0.6) is 0 Å². The average Bonchev–Trinajstić information content (AvgIpc) is 3.70. The minimum atomic E-state index is 0. The van der Waals surface area contributed by atoms with Crippen molar-refractivity contribution < 1.29 is 48.1 Å². The Morgan fingerprint density at radius 1 is 0.706 bits per heavy atom. The molecule has 51 heavy (non-hydrogen) atoms. The average molecular weight is 811 g/mol. The van der Waals surface area contributed by atoms with E-state index in [9.17, 15) is 0 Å². The Balaban J connectivity index is 0.000000243. The summed E-state index contributed by atoms with van der Waals surface area (Å²) < 4.78 is 0. The van der Waals surface area contributed by atoms with Gasteiger partial charge in [0.2, 0.25) is 0 Å². The summed E-state index contributed by atoms with van der Waals surface area (Å²) in [4.78, 5) is 0. The summed E-state index contributed by atoms with van der Waals surface area (Å²) >= 11 is 1.74. The molecular weight excluding hydrogens is 755 g/mol. The molecule has 0 N–H and O–H groups in total. The quantitative estimate of drug-likeness (QED) is 0.124. The number of rotatable bonds is 4. The maximum Gasteiger partial charge on any atom is -0.0132 e. The molecule has 6 aromatic carbocycles. The van der Waals surface area contributed by atoms with Crippen LogP contribution in [0.1, 0.15) is 106 Å². The standard InChI is InChI=1S/C24H27.C21H23.C2H6Si.2ClH.Zr/c1-17(2)22-15-21-9-6-10-23(24(21)16-22)20-13-11-19(12-14-20)18-7-4-3-5-8-18;1-14-12-19-15(2)6-11-18(20(19)13-14)16-7-9-17(10-8-16)21(3,4)5;1-3-2;;;/h6,9-18H,3-5,7-8H2,1-2H3;6-13H,1-5H3;1-2H3;2*1H;/q2*-1;;;;+2/p-2. The molecule has 0 saturated heterocycles. The van der Waals surface area contributed by atoms with Crippen LogP contribution in [-0.2, 0) is 28.8 Å². The summed E-state index contributed by atoms with van der Waals surface area (Å²) in [7, 11) is 0. The van der Waals surface area contributed by atoms with Gasteiger partial charge in [0.15, 0.2) is 0 Å². The maximum absolute atomic E-state index is 2.38. The Labute approximate surface area is 336 Å². The zero-order chi connectivity index (χ0) is 35.3. The van der Waals surface area contributed by atoms with Gasteiger partial charge in [0.1, 0.15) is 0 Å². The molecule has 0 amide bonds. The minimum absolute atomic E-state index is 0. The first-order valence-corrected chi connectivity index (χ1v) is 24.6. The fraction of sp³-hybridized carbons (Fsp3) is 0.362. The smallest absolute Gasteiger partial charge is 0.0132 e. The molecule has 0 bridgehead atoms. The van der Waals surface area contributed by atoms with E-state index in [-0.39, 0.29) is 35.7 Å². The number of fused-ring (bicyclic) bond motifs is 2. The number of benzene rings is 4. The van der Waals surface area contributed by atoms with Gasteiger partial charge in [-0.25, -0.2) is 0 Å². The third kappa shape index (κ3) is 11.1. The van der Waals surface area contributed by atoms with E-state index in [1.165, 1.54) is 104 Å². The van der Waals surface area contributed by atoms with Crippen LogP contribution in [0.15, 0.2) is 103 Å². The van der Waals surface area contributed by atoms with Crippen molar-refractivity contribution in [2.45, 2.75) is 111 Å². The monoisotopic (exact) mass is 808 g/mol. The fourth-order valence-corrected chi connectivity index (χ4v) is 7.20. The summed E-state index contributed by atoms with van der Waals surface area (Å²) in [6.07, 6.45) is 6.96. The van der Waals surface area contributed by atoms with E-state index < -0.39 is 0 Å². The van der Waals surface area contributed by atoms with Gasteiger partial charge in [-0.2, -0.15) is 12.1 Å². The third-order valence-corrected chi connectivity index (χ3v) is 10.0. The number of hydrogen-bond acceptors (Lipinski definition) is 0.